The zero-order valence-corrected chi connectivity index (χ0v) is 18.1. The summed E-state index contributed by atoms with van der Waals surface area (Å²) in [5, 5.41) is 15.8. The van der Waals surface area contributed by atoms with E-state index in [2.05, 4.69) is 10.6 Å². The number of benzene rings is 2. The van der Waals surface area contributed by atoms with Gasteiger partial charge in [-0.2, -0.15) is 4.39 Å². The molecule has 2 aromatic rings. The summed E-state index contributed by atoms with van der Waals surface area (Å²) in [6, 6.07) is 9.79. The number of nitrogens with zero attached hydrogens (tertiary/aromatic N) is 1. The predicted octanol–water partition coefficient (Wildman–Crippen LogP) is 2.20. The fourth-order valence-corrected chi connectivity index (χ4v) is 2.97. The van der Waals surface area contributed by atoms with E-state index in [9.17, 15) is 28.9 Å². The van der Waals surface area contributed by atoms with Gasteiger partial charge >= 0.3 is 11.8 Å². The Morgan fingerprint density at radius 1 is 1.09 bits per heavy atom. The monoisotopic (exact) mass is 460 g/mol. The number of hydrogen-bond acceptors (Lipinski definition) is 6. The largest absolute Gasteiger partial charge is 0.445 e. The minimum absolute atomic E-state index is 0.00631. The molecule has 2 aromatic carbocycles. The number of nitrogens with one attached hydrogen (secondary N) is 2. The molecule has 4 N–H and O–H groups in total. The molecule has 0 spiro atoms. The van der Waals surface area contributed by atoms with Gasteiger partial charge in [0.05, 0.1) is 4.92 Å². The maximum Gasteiger partial charge on any atom is 0.408 e. The molecule has 0 saturated heterocycles. The Balaban J connectivity index is 2.05. The Kier molecular flexibility index (Phi) is 8.84. The number of alkyl carbamates (subject to hydrolysis) is 1. The standard InChI is InChI=1S/C22H25FN4O6/c1-13(2)19(26-22(30)33-12-14-6-4-3-5-7-14)21(29)25-17(20(24)28)10-15-8-9-16(23)18(11-15)27(31)32/h3-9,11,13,17,19H,10,12H2,1-2H3,(H2,24,28)(H,25,29)(H,26,30)/t17-,19-/m0/s1. The molecule has 3 amide bonds. The summed E-state index contributed by atoms with van der Waals surface area (Å²) in [7, 11) is 0. The molecule has 2 atom stereocenters. The second-order valence-electron chi connectivity index (χ2n) is 7.64. The molecular formula is C22H25FN4O6. The van der Waals surface area contributed by atoms with E-state index in [1.807, 2.05) is 6.07 Å². The van der Waals surface area contributed by atoms with E-state index in [-0.39, 0.29) is 24.5 Å². The summed E-state index contributed by atoms with van der Waals surface area (Å²) in [6.07, 6.45) is -1.02. The molecule has 0 radical (unpaired) electrons. The maximum atomic E-state index is 13.6. The van der Waals surface area contributed by atoms with Crippen molar-refractivity contribution in [3.05, 3.63) is 75.6 Å². The van der Waals surface area contributed by atoms with Crippen LogP contribution in [0.4, 0.5) is 14.9 Å². The quantitative estimate of drug-likeness (QED) is 0.365. The summed E-state index contributed by atoms with van der Waals surface area (Å²) in [4.78, 5) is 46.9. The Labute approximate surface area is 189 Å². The van der Waals surface area contributed by atoms with Crippen LogP contribution in [0.3, 0.4) is 0 Å². The van der Waals surface area contributed by atoms with Gasteiger partial charge in [0, 0.05) is 12.5 Å². The minimum Gasteiger partial charge on any atom is -0.445 e. The Hall–Kier alpha value is -4.02. The van der Waals surface area contributed by atoms with E-state index in [4.69, 9.17) is 10.5 Å². The van der Waals surface area contributed by atoms with Crippen molar-refractivity contribution in [3.8, 4) is 0 Å². The Morgan fingerprint density at radius 2 is 1.76 bits per heavy atom. The van der Waals surface area contributed by atoms with Crippen molar-refractivity contribution in [1.29, 1.82) is 0 Å². The number of halogens is 1. The summed E-state index contributed by atoms with van der Waals surface area (Å²) >= 11 is 0. The first-order valence-electron chi connectivity index (χ1n) is 10.1. The predicted molar refractivity (Wildman–Crippen MR) is 116 cm³/mol. The van der Waals surface area contributed by atoms with Crippen LogP contribution in [0.5, 0.6) is 0 Å². The topological polar surface area (TPSA) is 154 Å². The van der Waals surface area contributed by atoms with E-state index in [0.717, 1.165) is 17.7 Å². The lowest BCUT2D eigenvalue weighted by molar-refractivity contribution is -0.387. The molecule has 0 saturated carbocycles. The highest BCUT2D eigenvalue weighted by Gasteiger charge is 2.29. The highest BCUT2D eigenvalue weighted by Crippen LogP contribution is 2.19. The number of amides is 3. The summed E-state index contributed by atoms with van der Waals surface area (Å²) in [5.74, 6) is -2.98. The number of carbonyl (C=O) groups excluding carboxylic acids is 3. The SMILES string of the molecule is CC(C)[C@H](NC(=O)OCc1ccccc1)C(=O)N[C@@H](Cc1ccc(F)c([N+](=O)[O-])c1)C(N)=O. The van der Waals surface area contributed by atoms with Crippen LogP contribution in [-0.4, -0.2) is 34.9 Å². The van der Waals surface area contributed by atoms with Crippen molar-refractivity contribution < 1.29 is 28.4 Å². The van der Waals surface area contributed by atoms with E-state index in [1.165, 1.54) is 6.07 Å². The van der Waals surface area contributed by atoms with Crippen LogP contribution in [0.15, 0.2) is 48.5 Å². The van der Waals surface area contributed by atoms with E-state index in [0.29, 0.717) is 0 Å². The van der Waals surface area contributed by atoms with Gasteiger partial charge in [-0.3, -0.25) is 19.7 Å². The first-order valence-corrected chi connectivity index (χ1v) is 10.1. The Morgan fingerprint density at radius 3 is 2.33 bits per heavy atom. The molecule has 0 aromatic heterocycles. The number of carbonyl (C=O) groups is 3. The third kappa shape index (κ3) is 7.56. The number of nitrogens with two attached hydrogens (primary N) is 1. The third-order valence-electron chi connectivity index (χ3n) is 4.74. The van der Waals surface area contributed by atoms with Crippen molar-refractivity contribution >= 4 is 23.6 Å². The molecular weight excluding hydrogens is 435 g/mol. The second kappa shape index (κ2) is 11.6. The van der Waals surface area contributed by atoms with Crippen LogP contribution in [0.1, 0.15) is 25.0 Å². The lowest BCUT2D eigenvalue weighted by atomic mass is 10.0. The van der Waals surface area contributed by atoms with E-state index in [1.54, 1.807) is 38.1 Å². The number of nitro groups is 1. The highest BCUT2D eigenvalue weighted by molar-refractivity contribution is 5.91. The van der Waals surface area contributed by atoms with Gasteiger partial charge in [0.1, 0.15) is 18.7 Å². The van der Waals surface area contributed by atoms with Crippen molar-refractivity contribution in [3.63, 3.8) is 0 Å². The van der Waals surface area contributed by atoms with Gasteiger partial charge in [-0.05, 0) is 23.1 Å². The van der Waals surface area contributed by atoms with Crippen LogP contribution in [-0.2, 0) is 27.4 Å². The molecule has 0 heterocycles. The average Bonchev–Trinajstić information content (AvgIpc) is 2.76. The Bertz CT molecular complexity index is 1020. The van der Waals surface area contributed by atoms with Gasteiger partial charge < -0.3 is 21.1 Å². The fourth-order valence-electron chi connectivity index (χ4n) is 2.97. The zero-order chi connectivity index (χ0) is 24.5. The van der Waals surface area contributed by atoms with Gasteiger partial charge in [0.2, 0.25) is 17.6 Å². The van der Waals surface area contributed by atoms with Gasteiger partial charge in [-0.1, -0.05) is 50.2 Å². The average molecular weight is 460 g/mol. The molecule has 2 rings (SSSR count). The van der Waals surface area contributed by atoms with Crippen LogP contribution in [0.2, 0.25) is 0 Å². The van der Waals surface area contributed by atoms with Crippen LogP contribution < -0.4 is 16.4 Å². The lowest BCUT2D eigenvalue weighted by Gasteiger charge is -2.24. The molecule has 33 heavy (non-hydrogen) atoms. The summed E-state index contributed by atoms with van der Waals surface area (Å²) in [6.45, 7) is 3.38. The number of ether oxygens (including phenoxy) is 1. The third-order valence-corrected chi connectivity index (χ3v) is 4.74. The fraction of sp³-hybridized carbons (Fsp3) is 0.318. The normalized spacial score (nSPS) is 12.5. The molecule has 0 fully saturated rings. The molecule has 0 aliphatic rings. The van der Waals surface area contributed by atoms with E-state index >= 15 is 0 Å². The van der Waals surface area contributed by atoms with Gasteiger partial charge in [-0.15, -0.1) is 0 Å². The van der Waals surface area contributed by atoms with Crippen LogP contribution in [0, 0.1) is 21.8 Å². The van der Waals surface area contributed by atoms with Gasteiger partial charge in [-0.25, -0.2) is 4.79 Å². The maximum absolute atomic E-state index is 13.6. The number of nitro benzene ring substituents is 1. The van der Waals surface area contributed by atoms with Crippen molar-refractivity contribution in [2.75, 3.05) is 0 Å². The molecule has 10 nitrogen and oxygen atoms in total. The number of rotatable bonds is 10. The van der Waals surface area contributed by atoms with Gasteiger partial charge in [0.25, 0.3) is 0 Å². The molecule has 0 bridgehead atoms. The first kappa shape index (κ1) is 25.2. The van der Waals surface area contributed by atoms with Gasteiger partial charge in [0.15, 0.2) is 0 Å². The molecule has 0 aliphatic heterocycles. The van der Waals surface area contributed by atoms with Crippen molar-refractivity contribution in [2.45, 2.75) is 39.0 Å². The van der Waals surface area contributed by atoms with E-state index < -0.39 is 46.4 Å². The summed E-state index contributed by atoms with van der Waals surface area (Å²) in [5.41, 5.74) is 5.61. The second-order valence-corrected chi connectivity index (χ2v) is 7.64. The minimum atomic E-state index is -1.24. The zero-order valence-electron chi connectivity index (χ0n) is 18.1. The molecule has 11 heteroatoms. The van der Waals surface area contributed by atoms with Crippen LogP contribution in [0.25, 0.3) is 0 Å². The number of primary amides is 1. The first-order chi connectivity index (χ1) is 15.6. The molecule has 0 unspecified atom stereocenters. The van der Waals surface area contributed by atoms with Crippen LogP contribution >= 0.6 is 0 Å². The highest BCUT2D eigenvalue weighted by atomic mass is 19.1. The lowest BCUT2D eigenvalue weighted by Crippen LogP contribution is -2.55. The van der Waals surface area contributed by atoms with Crippen molar-refractivity contribution in [2.24, 2.45) is 11.7 Å². The smallest absolute Gasteiger partial charge is 0.408 e. The molecule has 176 valence electrons. The molecule has 0 aliphatic carbocycles. The summed E-state index contributed by atoms with van der Waals surface area (Å²) < 4.78 is 18.7. The number of hydrogen-bond donors (Lipinski definition) is 3. The van der Waals surface area contributed by atoms with Crippen molar-refractivity contribution in [1.82, 2.24) is 10.6 Å².